The van der Waals surface area contributed by atoms with Gasteiger partial charge in [0.15, 0.2) is 0 Å². The molecule has 1 atom stereocenters. The number of unbranched alkanes of at least 4 members (excludes halogenated alkanes) is 2. The molecule has 0 bridgehead atoms. The SMILES string of the molecule is CCCCCN(C(=O)N1CCCCC1(C)C(=O)O)C(C)C. The van der Waals surface area contributed by atoms with Gasteiger partial charge in [-0.3, -0.25) is 0 Å². The number of urea groups is 1. The van der Waals surface area contributed by atoms with Crippen LogP contribution < -0.4 is 0 Å². The molecule has 21 heavy (non-hydrogen) atoms. The van der Waals surface area contributed by atoms with Gasteiger partial charge in [-0.05, 0) is 46.5 Å². The van der Waals surface area contributed by atoms with Crippen molar-refractivity contribution >= 4 is 12.0 Å². The Bertz CT molecular complexity index is 371. The number of amides is 2. The van der Waals surface area contributed by atoms with E-state index in [4.69, 9.17) is 0 Å². The van der Waals surface area contributed by atoms with Gasteiger partial charge in [0.1, 0.15) is 5.54 Å². The van der Waals surface area contributed by atoms with Crippen LogP contribution in [0, 0.1) is 0 Å². The molecule has 122 valence electrons. The molecule has 0 aromatic carbocycles. The van der Waals surface area contributed by atoms with Gasteiger partial charge in [0, 0.05) is 19.1 Å². The molecule has 0 radical (unpaired) electrons. The van der Waals surface area contributed by atoms with Crippen molar-refractivity contribution in [3.05, 3.63) is 0 Å². The van der Waals surface area contributed by atoms with E-state index in [9.17, 15) is 14.7 Å². The summed E-state index contributed by atoms with van der Waals surface area (Å²) in [5.74, 6) is -0.896. The predicted molar refractivity (Wildman–Crippen MR) is 83.4 cm³/mol. The van der Waals surface area contributed by atoms with Crippen LogP contribution in [0.25, 0.3) is 0 Å². The van der Waals surface area contributed by atoms with E-state index in [0.717, 1.165) is 32.1 Å². The highest BCUT2D eigenvalue weighted by Gasteiger charge is 2.45. The van der Waals surface area contributed by atoms with Crippen molar-refractivity contribution in [1.82, 2.24) is 9.80 Å². The van der Waals surface area contributed by atoms with Crippen molar-refractivity contribution in [2.45, 2.75) is 77.8 Å². The quantitative estimate of drug-likeness (QED) is 0.765. The van der Waals surface area contributed by atoms with Crippen molar-refractivity contribution in [3.63, 3.8) is 0 Å². The Labute approximate surface area is 128 Å². The average molecular weight is 298 g/mol. The van der Waals surface area contributed by atoms with Gasteiger partial charge >= 0.3 is 12.0 Å². The zero-order chi connectivity index (χ0) is 16.0. The lowest BCUT2D eigenvalue weighted by Gasteiger charge is -2.44. The second kappa shape index (κ2) is 7.66. The molecule has 1 aliphatic rings. The molecule has 0 aromatic heterocycles. The summed E-state index contributed by atoms with van der Waals surface area (Å²) in [7, 11) is 0. The van der Waals surface area contributed by atoms with Crippen molar-refractivity contribution in [2.24, 2.45) is 0 Å². The second-order valence-corrected chi connectivity index (χ2v) is 6.46. The van der Waals surface area contributed by atoms with Crippen LogP contribution in [0.4, 0.5) is 4.79 Å². The minimum Gasteiger partial charge on any atom is -0.480 e. The number of piperidine rings is 1. The monoisotopic (exact) mass is 298 g/mol. The van der Waals surface area contributed by atoms with Crippen LogP contribution in [0.3, 0.4) is 0 Å². The standard InChI is InChI=1S/C16H30N2O3/c1-5-6-8-11-17(13(2)3)15(21)18-12-9-7-10-16(18,4)14(19)20/h13H,5-12H2,1-4H3,(H,19,20). The maximum absolute atomic E-state index is 12.8. The third-order valence-electron chi connectivity index (χ3n) is 4.45. The molecule has 0 spiro atoms. The molecule has 0 aromatic rings. The Morgan fingerprint density at radius 2 is 1.95 bits per heavy atom. The third kappa shape index (κ3) is 4.11. The van der Waals surface area contributed by atoms with Gasteiger partial charge in [0.2, 0.25) is 0 Å². The zero-order valence-electron chi connectivity index (χ0n) is 13.9. The number of likely N-dealkylation sites (tertiary alicyclic amines) is 1. The predicted octanol–water partition coefficient (Wildman–Crippen LogP) is 3.34. The summed E-state index contributed by atoms with van der Waals surface area (Å²) in [6.07, 6.45) is 5.45. The van der Waals surface area contributed by atoms with Crippen LogP contribution in [-0.2, 0) is 4.79 Å². The van der Waals surface area contributed by atoms with Crippen LogP contribution in [0.2, 0.25) is 0 Å². The van der Waals surface area contributed by atoms with E-state index >= 15 is 0 Å². The highest BCUT2D eigenvalue weighted by atomic mass is 16.4. The summed E-state index contributed by atoms with van der Waals surface area (Å²) in [4.78, 5) is 27.9. The Kier molecular flexibility index (Phi) is 6.49. The van der Waals surface area contributed by atoms with Gasteiger partial charge in [-0.1, -0.05) is 19.8 Å². The van der Waals surface area contributed by atoms with E-state index in [1.807, 2.05) is 18.7 Å². The number of carbonyl (C=O) groups is 2. The molecule has 0 aliphatic carbocycles. The molecule has 0 saturated carbocycles. The van der Waals surface area contributed by atoms with Crippen molar-refractivity contribution in [3.8, 4) is 0 Å². The summed E-state index contributed by atoms with van der Waals surface area (Å²) >= 11 is 0. The van der Waals surface area contributed by atoms with Gasteiger partial charge in [0.05, 0.1) is 0 Å². The third-order valence-corrected chi connectivity index (χ3v) is 4.45. The molecule has 1 rings (SSSR count). The number of hydrogen-bond donors (Lipinski definition) is 1. The summed E-state index contributed by atoms with van der Waals surface area (Å²) < 4.78 is 0. The summed E-state index contributed by atoms with van der Waals surface area (Å²) in [5, 5.41) is 9.54. The van der Waals surface area contributed by atoms with Crippen LogP contribution in [0.15, 0.2) is 0 Å². The lowest BCUT2D eigenvalue weighted by molar-refractivity contribution is -0.150. The molecular formula is C16H30N2O3. The first kappa shape index (κ1) is 17.8. The molecular weight excluding hydrogens is 268 g/mol. The Balaban J connectivity index is 2.87. The van der Waals surface area contributed by atoms with Crippen LogP contribution in [0.1, 0.15) is 66.2 Å². The van der Waals surface area contributed by atoms with Gasteiger partial charge in [0.25, 0.3) is 0 Å². The summed E-state index contributed by atoms with van der Waals surface area (Å²) in [6.45, 7) is 9.04. The first-order valence-electron chi connectivity index (χ1n) is 8.16. The van der Waals surface area contributed by atoms with E-state index in [-0.39, 0.29) is 12.1 Å². The topological polar surface area (TPSA) is 60.9 Å². The maximum atomic E-state index is 12.8. The summed E-state index contributed by atoms with van der Waals surface area (Å²) in [6, 6.07) is -0.0277. The van der Waals surface area contributed by atoms with Crippen LogP contribution in [-0.4, -0.2) is 51.6 Å². The Morgan fingerprint density at radius 3 is 2.48 bits per heavy atom. The first-order chi connectivity index (χ1) is 9.84. The van der Waals surface area contributed by atoms with E-state index < -0.39 is 11.5 Å². The van der Waals surface area contributed by atoms with Gasteiger partial charge in [-0.25, -0.2) is 9.59 Å². The van der Waals surface area contributed by atoms with Crippen molar-refractivity contribution < 1.29 is 14.7 Å². The largest absolute Gasteiger partial charge is 0.480 e. The fourth-order valence-electron chi connectivity index (χ4n) is 2.91. The van der Waals surface area contributed by atoms with Gasteiger partial charge < -0.3 is 14.9 Å². The lowest BCUT2D eigenvalue weighted by Crippen LogP contribution is -2.61. The molecule has 1 unspecified atom stereocenters. The summed E-state index contributed by atoms with van der Waals surface area (Å²) in [5.41, 5.74) is -1.06. The minimum absolute atomic E-state index is 0.0920. The number of hydrogen-bond acceptors (Lipinski definition) is 2. The number of nitrogens with zero attached hydrogens (tertiary/aromatic N) is 2. The normalized spacial score (nSPS) is 22.4. The smallest absolute Gasteiger partial charge is 0.329 e. The Hall–Kier alpha value is -1.26. The fourth-order valence-corrected chi connectivity index (χ4v) is 2.91. The molecule has 5 heteroatoms. The molecule has 1 heterocycles. The zero-order valence-corrected chi connectivity index (χ0v) is 13.9. The van der Waals surface area contributed by atoms with E-state index in [2.05, 4.69) is 6.92 Å². The number of rotatable bonds is 6. The van der Waals surface area contributed by atoms with Crippen molar-refractivity contribution in [1.29, 1.82) is 0 Å². The second-order valence-electron chi connectivity index (χ2n) is 6.46. The van der Waals surface area contributed by atoms with Crippen molar-refractivity contribution in [2.75, 3.05) is 13.1 Å². The van der Waals surface area contributed by atoms with Crippen LogP contribution in [0.5, 0.6) is 0 Å². The number of carbonyl (C=O) groups excluding carboxylic acids is 1. The molecule has 5 nitrogen and oxygen atoms in total. The minimum atomic E-state index is -1.06. The molecule has 1 saturated heterocycles. The van der Waals surface area contributed by atoms with Crippen LogP contribution >= 0.6 is 0 Å². The molecule has 1 N–H and O–H groups in total. The molecule has 1 fully saturated rings. The van der Waals surface area contributed by atoms with E-state index in [1.54, 1.807) is 11.8 Å². The fraction of sp³-hybridized carbons (Fsp3) is 0.875. The molecule has 1 aliphatic heterocycles. The number of carboxylic acid groups (broad SMARTS) is 1. The van der Waals surface area contributed by atoms with Gasteiger partial charge in [-0.15, -0.1) is 0 Å². The van der Waals surface area contributed by atoms with Gasteiger partial charge in [-0.2, -0.15) is 0 Å². The Morgan fingerprint density at radius 1 is 1.29 bits per heavy atom. The van der Waals surface area contributed by atoms with E-state index in [0.29, 0.717) is 19.5 Å². The van der Waals surface area contributed by atoms with E-state index in [1.165, 1.54) is 0 Å². The highest BCUT2D eigenvalue weighted by Crippen LogP contribution is 2.29. The maximum Gasteiger partial charge on any atom is 0.329 e. The highest BCUT2D eigenvalue weighted by molar-refractivity contribution is 5.86. The lowest BCUT2D eigenvalue weighted by atomic mass is 9.88. The average Bonchev–Trinajstić information content (AvgIpc) is 2.43. The number of carboxylic acids is 1. The first-order valence-corrected chi connectivity index (χ1v) is 8.16. The number of aliphatic carboxylic acids is 1. The molecule has 2 amide bonds.